The van der Waals surface area contributed by atoms with Gasteiger partial charge in [-0.1, -0.05) is 12.1 Å². The fourth-order valence-electron chi connectivity index (χ4n) is 3.17. The van der Waals surface area contributed by atoms with Crippen LogP contribution in [0.2, 0.25) is 0 Å². The summed E-state index contributed by atoms with van der Waals surface area (Å²) in [6.07, 6.45) is 3.75. The van der Waals surface area contributed by atoms with Gasteiger partial charge in [0.15, 0.2) is 0 Å². The number of carbonyl (C=O) groups excluding carboxylic acids is 1. The van der Waals surface area contributed by atoms with Crippen molar-refractivity contribution in [2.75, 3.05) is 13.1 Å². The molecule has 0 saturated carbocycles. The maximum absolute atomic E-state index is 12.6. The van der Waals surface area contributed by atoms with Crippen molar-refractivity contribution in [3.8, 4) is 0 Å². The van der Waals surface area contributed by atoms with Crippen molar-refractivity contribution in [2.24, 2.45) is 0 Å². The van der Waals surface area contributed by atoms with Gasteiger partial charge in [-0.15, -0.1) is 11.3 Å². The predicted molar refractivity (Wildman–Crippen MR) is 90.8 cm³/mol. The number of imidazole rings is 1. The lowest BCUT2D eigenvalue weighted by Gasteiger charge is -2.31. The van der Waals surface area contributed by atoms with E-state index in [1.165, 1.54) is 11.3 Å². The van der Waals surface area contributed by atoms with E-state index in [9.17, 15) is 4.79 Å². The summed E-state index contributed by atoms with van der Waals surface area (Å²) in [5, 5.41) is 0.930. The summed E-state index contributed by atoms with van der Waals surface area (Å²) < 4.78 is 0. The molecule has 1 N–H and O–H groups in total. The quantitative estimate of drug-likeness (QED) is 0.785. The van der Waals surface area contributed by atoms with E-state index in [-0.39, 0.29) is 11.8 Å². The first-order valence-electron chi connectivity index (χ1n) is 7.87. The number of aromatic nitrogens is 3. The molecule has 0 radical (unpaired) electrons. The molecule has 1 saturated heterocycles. The first-order valence-corrected chi connectivity index (χ1v) is 8.69. The van der Waals surface area contributed by atoms with Crippen LogP contribution in [-0.2, 0) is 0 Å². The van der Waals surface area contributed by atoms with Crippen molar-refractivity contribution >= 4 is 28.3 Å². The van der Waals surface area contributed by atoms with Crippen LogP contribution in [0, 0.1) is 6.92 Å². The zero-order valence-corrected chi connectivity index (χ0v) is 13.8. The third-order valence-electron chi connectivity index (χ3n) is 4.34. The fourth-order valence-corrected chi connectivity index (χ4v) is 3.91. The first-order chi connectivity index (χ1) is 11.2. The lowest BCUT2D eigenvalue weighted by atomic mass is 9.97. The molecule has 2 aromatic heterocycles. The second kappa shape index (κ2) is 5.77. The molecule has 5 nitrogen and oxygen atoms in total. The molecule has 4 rings (SSSR count). The molecule has 0 spiro atoms. The lowest BCUT2D eigenvalue weighted by molar-refractivity contribution is 0.0709. The minimum absolute atomic E-state index is 0.0939. The number of piperidine rings is 1. The van der Waals surface area contributed by atoms with Crippen LogP contribution < -0.4 is 0 Å². The zero-order chi connectivity index (χ0) is 15.8. The summed E-state index contributed by atoms with van der Waals surface area (Å²) in [5.74, 6) is 1.36. The summed E-state index contributed by atoms with van der Waals surface area (Å²) in [6.45, 7) is 3.46. The Morgan fingerprint density at radius 2 is 2.26 bits per heavy atom. The Kier molecular flexibility index (Phi) is 3.61. The number of amides is 1. The van der Waals surface area contributed by atoms with E-state index in [4.69, 9.17) is 4.98 Å². The van der Waals surface area contributed by atoms with Gasteiger partial charge in [0.2, 0.25) is 0 Å². The number of aryl methyl sites for hydroxylation is 1. The highest BCUT2D eigenvalue weighted by molar-refractivity contribution is 7.13. The van der Waals surface area contributed by atoms with Crippen LogP contribution in [0.4, 0.5) is 0 Å². The van der Waals surface area contributed by atoms with Gasteiger partial charge in [-0.3, -0.25) is 4.79 Å². The average molecular weight is 326 g/mol. The topological polar surface area (TPSA) is 61.9 Å². The third kappa shape index (κ3) is 2.74. The molecule has 0 unspecified atom stereocenters. The van der Waals surface area contributed by atoms with E-state index in [0.717, 1.165) is 52.7 Å². The Morgan fingerprint density at radius 3 is 3.04 bits per heavy atom. The predicted octanol–water partition coefficient (Wildman–Crippen LogP) is 3.35. The third-order valence-corrected chi connectivity index (χ3v) is 5.24. The van der Waals surface area contributed by atoms with Crippen molar-refractivity contribution < 1.29 is 4.79 Å². The smallest absolute Gasteiger partial charge is 0.265 e. The molecule has 118 valence electrons. The number of likely N-dealkylation sites (tertiary alicyclic amines) is 1. The lowest BCUT2D eigenvalue weighted by Crippen LogP contribution is -2.39. The van der Waals surface area contributed by atoms with Gasteiger partial charge in [0, 0.05) is 19.0 Å². The Hall–Kier alpha value is -2.21. The van der Waals surface area contributed by atoms with Gasteiger partial charge >= 0.3 is 0 Å². The van der Waals surface area contributed by atoms with Crippen LogP contribution in [-0.4, -0.2) is 38.8 Å². The molecule has 0 bridgehead atoms. The molecule has 1 amide bonds. The van der Waals surface area contributed by atoms with Crippen LogP contribution in [0.25, 0.3) is 11.0 Å². The fraction of sp³-hybridized carbons (Fsp3) is 0.353. The summed E-state index contributed by atoms with van der Waals surface area (Å²) in [4.78, 5) is 27.6. The van der Waals surface area contributed by atoms with E-state index in [0.29, 0.717) is 0 Å². The average Bonchev–Trinajstić information content (AvgIpc) is 3.20. The Labute approximate surface area is 138 Å². The van der Waals surface area contributed by atoms with Gasteiger partial charge < -0.3 is 9.88 Å². The van der Waals surface area contributed by atoms with E-state index in [1.54, 1.807) is 6.20 Å². The van der Waals surface area contributed by atoms with Gasteiger partial charge in [0.1, 0.15) is 10.7 Å². The number of rotatable bonds is 2. The number of nitrogens with zero attached hydrogens (tertiary/aromatic N) is 3. The van der Waals surface area contributed by atoms with Crippen LogP contribution >= 0.6 is 11.3 Å². The number of benzene rings is 1. The summed E-state index contributed by atoms with van der Waals surface area (Å²) in [6, 6.07) is 8.06. The van der Waals surface area contributed by atoms with Crippen molar-refractivity contribution in [2.45, 2.75) is 25.7 Å². The Bertz CT molecular complexity index is 820. The van der Waals surface area contributed by atoms with E-state index < -0.39 is 0 Å². The summed E-state index contributed by atoms with van der Waals surface area (Å²) in [5.41, 5.74) is 2.05. The van der Waals surface area contributed by atoms with Crippen molar-refractivity contribution in [3.63, 3.8) is 0 Å². The molecule has 23 heavy (non-hydrogen) atoms. The number of nitrogens with one attached hydrogen (secondary N) is 1. The zero-order valence-electron chi connectivity index (χ0n) is 13.0. The first kappa shape index (κ1) is 14.4. The Morgan fingerprint density at radius 1 is 1.39 bits per heavy atom. The number of thiazole rings is 1. The molecular formula is C17H18N4OS. The van der Waals surface area contributed by atoms with Crippen LogP contribution in [0.3, 0.4) is 0 Å². The minimum atomic E-state index is 0.0939. The number of H-pyrrole nitrogens is 1. The van der Waals surface area contributed by atoms with E-state index in [2.05, 4.69) is 9.97 Å². The molecule has 1 aromatic carbocycles. The van der Waals surface area contributed by atoms with Gasteiger partial charge in [0.25, 0.3) is 5.91 Å². The molecular weight excluding hydrogens is 308 g/mol. The van der Waals surface area contributed by atoms with Gasteiger partial charge in [-0.2, -0.15) is 0 Å². The normalized spacial score (nSPS) is 18.5. The SMILES string of the molecule is Cc1ncc(C(=O)N2CCC[C@H](c3nc4ccccc4[nH]3)C2)s1. The molecule has 6 heteroatoms. The van der Waals surface area contributed by atoms with Crippen LogP contribution in [0.5, 0.6) is 0 Å². The number of aromatic amines is 1. The van der Waals surface area contributed by atoms with E-state index >= 15 is 0 Å². The molecule has 1 aliphatic rings. The van der Waals surface area contributed by atoms with Crippen LogP contribution in [0.15, 0.2) is 30.5 Å². The molecule has 0 aliphatic carbocycles. The summed E-state index contributed by atoms with van der Waals surface area (Å²) >= 11 is 1.46. The van der Waals surface area contributed by atoms with Crippen molar-refractivity contribution in [3.05, 3.63) is 46.2 Å². The number of hydrogen-bond donors (Lipinski definition) is 1. The molecule has 1 aliphatic heterocycles. The number of carbonyl (C=O) groups is 1. The highest BCUT2D eigenvalue weighted by atomic mass is 32.1. The molecule has 3 aromatic rings. The van der Waals surface area contributed by atoms with Crippen LogP contribution in [0.1, 0.15) is 39.3 Å². The maximum Gasteiger partial charge on any atom is 0.265 e. The molecule has 1 atom stereocenters. The largest absolute Gasteiger partial charge is 0.342 e. The minimum Gasteiger partial charge on any atom is -0.342 e. The number of para-hydroxylation sites is 2. The summed E-state index contributed by atoms with van der Waals surface area (Å²) in [7, 11) is 0. The van der Waals surface area contributed by atoms with E-state index in [1.807, 2.05) is 36.1 Å². The standard InChI is InChI=1S/C17H18N4OS/c1-11-18-9-15(23-11)17(22)21-8-4-5-12(10-21)16-19-13-6-2-3-7-14(13)20-16/h2-3,6-7,9,12H,4-5,8,10H2,1H3,(H,19,20)/t12-/m0/s1. The highest BCUT2D eigenvalue weighted by Gasteiger charge is 2.28. The number of hydrogen-bond acceptors (Lipinski definition) is 4. The second-order valence-electron chi connectivity index (χ2n) is 5.97. The van der Waals surface area contributed by atoms with Crippen molar-refractivity contribution in [1.82, 2.24) is 19.9 Å². The monoisotopic (exact) mass is 326 g/mol. The Balaban J connectivity index is 1.55. The molecule has 1 fully saturated rings. The maximum atomic E-state index is 12.6. The van der Waals surface area contributed by atoms with Gasteiger partial charge in [-0.25, -0.2) is 9.97 Å². The van der Waals surface area contributed by atoms with Crippen molar-refractivity contribution in [1.29, 1.82) is 0 Å². The number of fused-ring (bicyclic) bond motifs is 1. The van der Waals surface area contributed by atoms with Gasteiger partial charge in [-0.05, 0) is 31.9 Å². The van der Waals surface area contributed by atoms with Gasteiger partial charge in [0.05, 0.1) is 22.2 Å². The highest BCUT2D eigenvalue weighted by Crippen LogP contribution is 2.28. The second-order valence-corrected chi connectivity index (χ2v) is 7.21. The molecule has 3 heterocycles.